The molecule has 1 rings (SSSR count). The van der Waals surface area contributed by atoms with Gasteiger partial charge in [0.15, 0.2) is 0 Å². The molecule has 9 heavy (non-hydrogen) atoms. The zero-order valence-electron chi connectivity index (χ0n) is 5.85. The first kappa shape index (κ1) is 6.56. The summed E-state index contributed by atoms with van der Waals surface area (Å²) < 4.78 is 0. The molecule has 0 radical (unpaired) electrons. The molecule has 1 aliphatic rings. The fourth-order valence-electron chi connectivity index (χ4n) is 0.907. The molecule has 0 aliphatic heterocycles. The summed E-state index contributed by atoms with van der Waals surface area (Å²) in [5.74, 6) is 0. The van der Waals surface area contributed by atoms with Crippen LogP contribution in [0.2, 0.25) is 0 Å². The second-order valence-electron chi connectivity index (χ2n) is 2.20. The average Bonchev–Trinajstić information content (AvgIpc) is 2.34. The van der Waals surface area contributed by atoms with Crippen molar-refractivity contribution in [3.05, 3.63) is 23.8 Å². The standard InChI is InChI=1S/C8H13N/c1-2-9-7-8-5-3-4-6-8/h3,5-6,9H,2,4,7H2,1H3. The van der Waals surface area contributed by atoms with Crippen LogP contribution in [-0.4, -0.2) is 13.1 Å². The molecule has 1 heteroatoms. The Hall–Kier alpha value is -0.560. The highest BCUT2D eigenvalue weighted by Crippen LogP contribution is 2.06. The van der Waals surface area contributed by atoms with Crippen molar-refractivity contribution in [1.29, 1.82) is 0 Å². The third-order valence-corrected chi connectivity index (χ3v) is 1.43. The SMILES string of the molecule is CCNCC1=CCC=C1. The van der Waals surface area contributed by atoms with E-state index in [1.807, 2.05) is 0 Å². The second kappa shape index (κ2) is 3.46. The molecular formula is C8H13N. The molecule has 0 fully saturated rings. The van der Waals surface area contributed by atoms with E-state index in [2.05, 4.69) is 30.5 Å². The van der Waals surface area contributed by atoms with Gasteiger partial charge in [-0.3, -0.25) is 0 Å². The quantitative estimate of drug-likeness (QED) is 0.599. The maximum Gasteiger partial charge on any atom is 0.0202 e. The Morgan fingerprint density at radius 3 is 3.11 bits per heavy atom. The van der Waals surface area contributed by atoms with Gasteiger partial charge in [0.25, 0.3) is 0 Å². The second-order valence-corrected chi connectivity index (χ2v) is 2.20. The fourth-order valence-corrected chi connectivity index (χ4v) is 0.907. The van der Waals surface area contributed by atoms with Gasteiger partial charge < -0.3 is 5.32 Å². The van der Waals surface area contributed by atoms with E-state index in [1.54, 1.807) is 0 Å². The van der Waals surface area contributed by atoms with Gasteiger partial charge in [0, 0.05) is 6.54 Å². The predicted octanol–water partition coefficient (Wildman–Crippen LogP) is 1.48. The number of allylic oxidation sites excluding steroid dienone is 2. The van der Waals surface area contributed by atoms with Gasteiger partial charge in [-0.15, -0.1) is 0 Å². The first-order chi connectivity index (χ1) is 4.43. The zero-order valence-corrected chi connectivity index (χ0v) is 5.85. The summed E-state index contributed by atoms with van der Waals surface area (Å²) in [7, 11) is 0. The van der Waals surface area contributed by atoms with Gasteiger partial charge in [-0.25, -0.2) is 0 Å². The summed E-state index contributed by atoms with van der Waals surface area (Å²) in [4.78, 5) is 0. The topological polar surface area (TPSA) is 12.0 Å². The van der Waals surface area contributed by atoms with Crippen LogP contribution in [0.1, 0.15) is 13.3 Å². The van der Waals surface area contributed by atoms with Crippen LogP contribution in [0.4, 0.5) is 0 Å². The summed E-state index contributed by atoms with van der Waals surface area (Å²) in [6.45, 7) is 4.22. The third kappa shape index (κ3) is 2.02. The van der Waals surface area contributed by atoms with Crippen LogP contribution in [-0.2, 0) is 0 Å². The molecule has 0 heterocycles. The Morgan fingerprint density at radius 2 is 2.56 bits per heavy atom. The molecule has 1 N–H and O–H groups in total. The predicted molar refractivity (Wildman–Crippen MR) is 40.4 cm³/mol. The molecular weight excluding hydrogens is 110 g/mol. The van der Waals surface area contributed by atoms with Crippen molar-refractivity contribution < 1.29 is 0 Å². The number of rotatable bonds is 3. The molecule has 1 nitrogen and oxygen atoms in total. The molecule has 0 bridgehead atoms. The van der Waals surface area contributed by atoms with Crippen molar-refractivity contribution in [3.63, 3.8) is 0 Å². The van der Waals surface area contributed by atoms with E-state index in [4.69, 9.17) is 0 Å². The Morgan fingerprint density at radius 1 is 1.67 bits per heavy atom. The maximum atomic E-state index is 3.27. The van der Waals surface area contributed by atoms with Gasteiger partial charge in [0.05, 0.1) is 0 Å². The Balaban J connectivity index is 2.19. The van der Waals surface area contributed by atoms with E-state index >= 15 is 0 Å². The largest absolute Gasteiger partial charge is 0.313 e. The molecule has 0 amide bonds. The number of hydrogen-bond acceptors (Lipinski definition) is 1. The van der Waals surface area contributed by atoms with E-state index in [1.165, 1.54) is 5.57 Å². The van der Waals surface area contributed by atoms with Crippen molar-refractivity contribution in [2.75, 3.05) is 13.1 Å². The van der Waals surface area contributed by atoms with Gasteiger partial charge in [-0.2, -0.15) is 0 Å². The van der Waals surface area contributed by atoms with E-state index in [0.717, 1.165) is 19.5 Å². The Kier molecular flexibility index (Phi) is 2.52. The first-order valence-corrected chi connectivity index (χ1v) is 3.49. The van der Waals surface area contributed by atoms with E-state index in [9.17, 15) is 0 Å². The molecule has 0 spiro atoms. The van der Waals surface area contributed by atoms with Gasteiger partial charge in [-0.1, -0.05) is 25.2 Å². The summed E-state index contributed by atoms with van der Waals surface area (Å²) in [5, 5.41) is 3.27. The molecule has 0 unspecified atom stereocenters. The summed E-state index contributed by atoms with van der Waals surface area (Å²) in [5.41, 5.74) is 1.43. The normalized spacial score (nSPS) is 16.3. The zero-order chi connectivity index (χ0) is 6.53. The van der Waals surface area contributed by atoms with Crippen LogP contribution >= 0.6 is 0 Å². The van der Waals surface area contributed by atoms with Crippen molar-refractivity contribution in [2.45, 2.75) is 13.3 Å². The minimum atomic E-state index is 1.03. The highest BCUT2D eigenvalue weighted by atomic mass is 14.8. The number of likely N-dealkylation sites (N-methyl/N-ethyl adjacent to an activating group) is 1. The minimum Gasteiger partial charge on any atom is -0.313 e. The van der Waals surface area contributed by atoms with Crippen LogP contribution in [0.25, 0.3) is 0 Å². The van der Waals surface area contributed by atoms with Gasteiger partial charge in [0.1, 0.15) is 0 Å². The van der Waals surface area contributed by atoms with E-state index < -0.39 is 0 Å². The highest BCUT2D eigenvalue weighted by molar-refractivity contribution is 5.26. The van der Waals surface area contributed by atoms with Crippen molar-refractivity contribution >= 4 is 0 Å². The number of nitrogens with one attached hydrogen (secondary N) is 1. The molecule has 0 aromatic rings. The van der Waals surface area contributed by atoms with E-state index in [-0.39, 0.29) is 0 Å². The molecule has 0 atom stereocenters. The summed E-state index contributed by atoms with van der Waals surface area (Å²) in [6.07, 6.45) is 7.75. The molecule has 0 saturated carbocycles. The molecule has 0 aromatic carbocycles. The average molecular weight is 123 g/mol. The van der Waals surface area contributed by atoms with Crippen LogP contribution in [0.5, 0.6) is 0 Å². The molecule has 0 saturated heterocycles. The van der Waals surface area contributed by atoms with Crippen LogP contribution in [0.3, 0.4) is 0 Å². The first-order valence-electron chi connectivity index (χ1n) is 3.49. The lowest BCUT2D eigenvalue weighted by molar-refractivity contribution is 0.785. The molecule has 1 aliphatic carbocycles. The highest BCUT2D eigenvalue weighted by Gasteiger charge is 1.93. The lowest BCUT2D eigenvalue weighted by Crippen LogP contribution is -2.14. The minimum absolute atomic E-state index is 1.03. The Labute approximate surface area is 56.5 Å². The van der Waals surface area contributed by atoms with Gasteiger partial charge >= 0.3 is 0 Å². The lowest BCUT2D eigenvalue weighted by Gasteiger charge is -1.97. The van der Waals surface area contributed by atoms with Crippen LogP contribution in [0.15, 0.2) is 23.8 Å². The fraction of sp³-hybridized carbons (Fsp3) is 0.500. The summed E-state index contributed by atoms with van der Waals surface area (Å²) in [6, 6.07) is 0. The van der Waals surface area contributed by atoms with Gasteiger partial charge in [0.2, 0.25) is 0 Å². The van der Waals surface area contributed by atoms with Crippen LogP contribution < -0.4 is 5.32 Å². The maximum absolute atomic E-state index is 3.27. The van der Waals surface area contributed by atoms with Crippen molar-refractivity contribution in [2.24, 2.45) is 0 Å². The van der Waals surface area contributed by atoms with E-state index in [0.29, 0.717) is 0 Å². The smallest absolute Gasteiger partial charge is 0.0202 e. The van der Waals surface area contributed by atoms with Crippen LogP contribution in [0, 0.1) is 0 Å². The number of hydrogen-bond donors (Lipinski definition) is 1. The third-order valence-electron chi connectivity index (χ3n) is 1.43. The van der Waals surface area contributed by atoms with Gasteiger partial charge in [-0.05, 0) is 18.5 Å². The molecule has 50 valence electrons. The Bertz CT molecular complexity index is 134. The van der Waals surface area contributed by atoms with Crippen molar-refractivity contribution in [1.82, 2.24) is 5.32 Å². The summed E-state index contributed by atoms with van der Waals surface area (Å²) >= 11 is 0. The monoisotopic (exact) mass is 123 g/mol. The lowest BCUT2D eigenvalue weighted by atomic mass is 10.3. The van der Waals surface area contributed by atoms with Crippen molar-refractivity contribution in [3.8, 4) is 0 Å². The molecule has 0 aromatic heterocycles.